The molecule has 2 atom stereocenters. The van der Waals surface area contributed by atoms with Gasteiger partial charge in [-0.3, -0.25) is 14.5 Å². The molecule has 1 aromatic rings. The monoisotopic (exact) mass is 415 g/mol. The van der Waals surface area contributed by atoms with E-state index in [1.165, 1.54) is 14.2 Å². The van der Waals surface area contributed by atoms with Crippen LogP contribution in [0.1, 0.15) is 17.9 Å². The Kier molecular flexibility index (Phi) is 5.52. The topological polar surface area (TPSA) is 143 Å². The summed E-state index contributed by atoms with van der Waals surface area (Å²) in [5.41, 5.74) is 6.78. The van der Waals surface area contributed by atoms with Gasteiger partial charge in [-0.25, -0.2) is 4.79 Å². The lowest BCUT2D eigenvalue weighted by atomic mass is 9.83. The molecule has 3 rings (SSSR count). The second kappa shape index (κ2) is 7.89. The zero-order valence-corrected chi connectivity index (χ0v) is 16.4. The Hall–Kier alpha value is -3.45. The molecule has 1 saturated heterocycles. The Morgan fingerprint density at radius 3 is 2.69 bits per heavy atom. The maximum Gasteiger partial charge on any atom is 0.338 e. The minimum absolute atomic E-state index is 0.0639. The first-order chi connectivity index (χ1) is 13.8. The molecule has 0 bridgehead atoms. The number of nitriles is 1. The number of allylic oxidation sites excluding steroid dienone is 1. The number of nitrogens with zero attached hydrogens (tertiary/aromatic N) is 2. The zero-order valence-electron chi connectivity index (χ0n) is 15.5. The third-order valence-electron chi connectivity index (χ3n) is 4.59. The van der Waals surface area contributed by atoms with Gasteiger partial charge in [-0.05, 0) is 17.7 Å². The molecule has 1 aromatic carbocycles. The highest BCUT2D eigenvalue weighted by Gasteiger charge is 2.48. The predicted molar refractivity (Wildman–Crippen MR) is 102 cm³/mol. The van der Waals surface area contributed by atoms with Crippen LogP contribution in [0.15, 0.2) is 46.3 Å². The van der Waals surface area contributed by atoms with Crippen molar-refractivity contribution in [2.24, 2.45) is 5.73 Å². The minimum Gasteiger partial charge on any atom is -0.497 e. The van der Waals surface area contributed by atoms with Crippen molar-refractivity contribution >= 4 is 29.6 Å². The predicted octanol–water partition coefficient (Wildman–Crippen LogP) is 1.29. The Balaban J connectivity index is 2.23. The Morgan fingerprint density at radius 1 is 1.38 bits per heavy atom. The van der Waals surface area contributed by atoms with Crippen molar-refractivity contribution < 1.29 is 29.0 Å². The summed E-state index contributed by atoms with van der Waals surface area (Å²) in [6.45, 7) is 0. The lowest BCUT2D eigenvalue weighted by molar-refractivity contribution is -0.139. The first-order valence-corrected chi connectivity index (χ1v) is 9.30. The number of aliphatic carboxylic acids is 1. The van der Waals surface area contributed by atoms with Crippen molar-refractivity contribution in [2.45, 2.75) is 17.6 Å². The summed E-state index contributed by atoms with van der Waals surface area (Å²) < 4.78 is 10.1. The van der Waals surface area contributed by atoms with Crippen molar-refractivity contribution in [3.05, 3.63) is 51.8 Å². The van der Waals surface area contributed by atoms with E-state index in [1.807, 2.05) is 0 Å². The fourth-order valence-electron chi connectivity index (χ4n) is 3.32. The molecule has 0 radical (unpaired) electrons. The van der Waals surface area contributed by atoms with Gasteiger partial charge in [-0.1, -0.05) is 23.9 Å². The highest BCUT2D eigenvalue weighted by Crippen LogP contribution is 2.50. The number of nitrogens with two attached hydrogens (primary N) is 1. The summed E-state index contributed by atoms with van der Waals surface area (Å²) in [4.78, 5) is 37.5. The van der Waals surface area contributed by atoms with Gasteiger partial charge in [0.2, 0.25) is 5.91 Å². The van der Waals surface area contributed by atoms with E-state index in [9.17, 15) is 19.6 Å². The Bertz CT molecular complexity index is 1010. The second-order valence-electron chi connectivity index (χ2n) is 6.21. The maximum absolute atomic E-state index is 12.8. The van der Waals surface area contributed by atoms with Gasteiger partial charge in [-0.2, -0.15) is 5.26 Å². The van der Waals surface area contributed by atoms with Crippen LogP contribution in [-0.2, 0) is 19.1 Å². The molecule has 2 unspecified atom stereocenters. The molecule has 0 saturated carbocycles. The van der Waals surface area contributed by atoms with Gasteiger partial charge < -0.3 is 20.3 Å². The van der Waals surface area contributed by atoms with Crippen LogP contribution in [0.25, 0.3) is 0 Å². The minimum atomic E-state index is -1.16. The fourth-order valence-corrected chi connectivity index (χ4v) is 4.60. The number of methoxy groups -OCH3 is 2. The molecule has 0 aliphatic carbocycles. The van der Waals surface area contributed by atoms with E-state index < -0.39 is 35.4 Å². The van der Waals surface area contributed by atoms with Crippen molar-refractivity contribution in [1.29, 1.82) is 5.26 Å². The van der Waals surface area contributed by atoms with E-state index in [-0.39, 0.29) is 22.0 Å². The zero-order chi connectivity index (χ0) is 21.3. The molecular formula is C19H17N3O6S. The summed E-state index contributed by atoms with van der Waals surface area (Å²) in [6, 6.07) is 8.83. The van der Waals surface area contributed by atoms with E-state index in [1.54, 1.807) is 24.3 Å². The first-order valence-electron chi connectivity index (χ1n) is 8.42. The largest absolute Gasteiger partial charge is 0.497 e. The number of carbonyl (C=O) groups excluding carboxylic acids is 2. The molecule has 9 nitrogen and oxygen atoms in total. The summed E-state index contributed by atoms with van der Waals surface area (Å²) in [5, 5.41) is 18.2. The second-order valence-corrected chi connectivity index (χ2v) is 7.40. The number of rotatable bonds is 5. The quantitative estimate of drug-likeness (QED) is 0.680. The van der Waals surface area contributed by atoms with Crippen LogP contribution in [0.5, 0.6) is 5.75 Å². The lowest BCUT2D eigenvalue weighted by Gasteiger charge is -2.31. The Labute approximate surface area is 170 Å². The van der Waals surface area contributed by atoms with E-state index in [4.69, 9.17) is 20.3 Å². The number of benzene rings is 1. The lowest BCUT2D eigenvalue weighted by Crippen LogP contribution is -2.39. The number of ether oxygens (including phenoxy) is 2. The van der Waals surface area contributed by atoms with Crippen molar-refractivity contribution in [3.63, 3.8) is 0 Å². The number of carbonyl (C=O) groups is 3. The molecule has 2 aliphatic rings. The summed E-state index contributed by atoms with van der Waals surface area (Å²) in [6.07, 6.45) is -0.438. The normalized spacial score (nSPS) is 21.0. The molecule has 1 fully saturated rings. The Morgan fingerprint density at radius 2 is 2.10 bits per heavy atom. The van der Waals surface area contributed by atoms with E-state index in [2.05, 4.69) is 6.07 Å². The summed E-state index contributed by atoms with van der Waals surface area (Å²) >= 11 is 0.952. The van der Waals surface area contributed by atoms with E-state index in [0.29, 0.717) is 11.3 Å². The molecule has 2 heterocycles. The van der Waals surface area contributed by atoms with Crippen molar-refractivity contribution in [3.8, 4) is 11.8 Å². The van der Waals surface area contributed by atoms with Gasteiger partial charge in [-0.15, -0.1) is 0 Å². The van der Waals surface area contributed by atoms with E-state index in [0.717, 1.165) is 16.7 Å². The molecule has 1 amide bonds. The average Bonchev–Trinajstić information content (AvgIpc) is 3.03. The fraction of sp³-hybridized carbons (Fsp3) is 0.263. The molecule has 150 valence electrons. The number of esters is 1. The van der Waals surface area contributed by atoms with Crippen LogP contribution in [-0.4, -0.2) is 47.3 Å². The number of fused-ring (bicyclic) bond motifs is 1. The molecule has 10 heteroatoms. The third kappa shape index (κ3) is 3.40. The number of carboxylic acid groups (broad SMARTS) is 1. The first kappa shape index (κ1) is 20.3. The number of amides is 1. The van der Waals surface area contributed by atoms with Crippen molar-refractivity contribution in [1.82, 2.24) is 4.90 Å². The van der Waals surface area contributed by atoms with Gasteiger partial charge in [0.1, 0.15) is 16.8 Å². The van der Waals surface area contributed by atoms with Crippen LogP contribution in [0.4, 0.5) is 0 Å². The van der Waals surface area contributed by atoms with Gasteiger partial charge in [0.25, 0.3) is 0 Å². The smallest absolute Gasteiger partial charge is 0.338 e. The van der Waals surface area contributed by atoms with Crippen LogP contribution in [0, 0.1) is 11.3 Å². The van der Waals surface area contributed by atoms with Crippen molar-refractivity contribution in [2.75, 3.05) is 14.2 Å². The molecule has 0 spiro atoms. The van der Waals surface area contributed by atoms with E-state index >= 15 is 0 Å². The number of hydrogen-bond donors (Lipinski definition) is 2. The number of hydrogen-bond acceptors (Lipinski definition) is 8. The van der Waals surface area contributed by atoms with Gasteiger partial charge >= 0.3 is 11.9 Å². The highest BCUT2D eigenvalue weighted by molar-refractivity contribution is 8.04. The molecule has 3 N–H and O–H groups in total. The van der Waals surface area contributed by atoms with Gasteiger partial charge in [0, 0.05) is 0 Å². The molecule has 29 heavy (non-hydrogen) atoms. The van der Waals surface area contributed by atoms with Gasteiger partial charge in [0.15, 0.2) is 0 Å². The average molecular weight is 415 g/mol. The number of carboxylic acids is 1. The highest BCUT2D eigenvalue weighted by atomic mass is 32.2. The van der Waals surface area contributed by atoms with Crippen LogP contribution < -0.4 is 10.5 Å². The van der Waals surface area contributed by atoms with Crippen LogP contribution in [0.3, 0.4) is 0 Å². The number of thioether (sulfide) groups is 1. The van der Waals surface area contributed by atoms with Crippen LogP contribution >= 0.6 is 11.8 Å². The standard InChI is InChI=1S/C19H17N3O6S/c1-27-10-5-3-4-9(6-10)14-11(8-20)18-22(16(21)15(14)19(26)28-2)17(25)12(29-18)7-13(23)24/h3-6,12,14H,7,21H2,1-2H3,(H,23,24). The van der Waals surface area contributed by atoms with Crippen LogP contribution in [0.2, 0.25) is 0 Å². The molecular weight excluding hydrogens is 398 g/mol. The van der Waals surface area contributed by atoms with Gasteiger partial charge in [0.05, 0.1) is 48.8 Å². The SMILES string of the molecule is COC(=O)C1=C(N)N2C(=O)C(CC(=O)O)SC2=C(C#N)C1c1cccc(OC)c1. The summed E-state index contributed by atoms with van der Waals surface area (Å²) in [7, 11) is 2.66. The molecule has 2 aliphatic heterocycles. The maximum atomic E-state index is 12.8. The third-order valence-corrected chi connectivity index (χ3v) is 5.87. The molecule has 0 aromatic heterocycles. The summed E-state index contributed by atoms with van der Waals surface area (Å²) in [5.74, 6) is -3.10.